The first-order valence-corrected chi connectivity index (χ1v) is 7.86. The maximum Gasteiger partial charge on any atom is 0.200 e. The van der Waals surface area contributed by atoms with Gasteiger partial charge in [0.1, 0.15) is 0 Å². The summed E-state index contributed by atoms with van der Waals surface area (Å²) in [5.74, 6) is 0.935. The molecule has 0 N–H and O–H groups in total. The Balaban J connectivity index is 1.42. The minimum Gasteiger partial charge on any atom is -0.353 e. The van der Waals surface area contributed by atoms with Gasteiger partial charge in [0.2, 0.25) is 0 Å². The van der Waals surface area contributed by atoms with Crippen molar-refractivity contribution in [1.82, 2.24) is 30.2 Å². The molecule has 0 radical (unpaired) electrons. The minimum atomic E-state index is 0.676. The van der Waals surface area contributed by atoms with Crippen LogP contribution in [0.25, 0.3) is 5.65 Å². The fraction of sp³-hybridized carbons (Fsp3) is 0.385. The van der Waals surface area contributed by atoms with E-state index in [1.54, 1.807) is 11.3 Å². The monoisotopic (exact) mass is 301 g/mol. The average molecular weight is 301 g/mol. The van der Waals surface area contributed by atoms with Crippen molar-refractivity contribution in [3.05, 3.63) is 34.5 Å². The lowest BCUT2D eigenvalue weighted by Crippen LogP contribution is -2.46. The summed E-state index contributed by atoms with van der Waals surface area (Å²) in [5.41, 5.74) is 2.08. The molecule has 4 rings (SSSR count). The molecule has 108 valence electrons. The summed E-state index contributed by atoms with van der Waals surface area (Å²) in [7, 11) is 0. The van der Waals surface area contributed by atoms with E-state index < -0.39 is 0 Å². The second-order valence-corrected chi connectivity index (χ2v) is 5.89. The van der Waals surface area contributed by atoms with Crippen molar-refractivity contribution < 1.29 is 0 Å². The number of tetrazole rings is 1. The molecule has 21 heavy (non-hydrogen) atoms. The van der Waals surface area contributed by atoms with Crippen LogP contribution in [-0.4, -0.2) is 56.3 Å². The van der Waals surface area contributed by atoms with Crippen molar-refractivity contribution in [3.63, 3.8) is 0 Å². The highest BCUT2D eigenvalue weighted by Crippen LogP contribution is 2.16. The smallest absolute Gasteiger partial charge is 0.200 e. The highest BCUT2D eigenvalue weighted by Gasteiger charge is 2.18. The number of thiophene rings is 1. The van der Waals surface area contributed by atoms with Gasteiger partial charge in [0, 0.05) is 32.7 Å². The number of nitrogens with zero attached hydrogens (tertiary/aromatic N) is 7. The molecule has 4 heterocycles. The van der Waals surface area contributed by atoms with Crippen LogP contribution in [0.3, 0.4) is 0 Å². The molecule has 1 fully saturated rings. The molecule has 0 bridgehead atoms. The van der Waals surface area contributed by atoms with E-state index in [4.69, 9.17) is 0 Å². The number of rotatable bonds is 3. The molecule has 1 aliphatic rings. The molecule has 1 aliphatic heterocycles. The van der Waals surface area contributed by atoms with Crippen LogP contribution in [-0.2, 0) is 6.54 Å². The molecule has 3 aromatic rings. The van der Waals surface area contributed by atoms with Gasteiger partial charge in [-0.25, -0.2) is 0 Å². The van der Waals surface area contributed by atoms with Crippen molar-refractivity contribution >= 4 is 22.8 Å². The van der Waals surface area contributed by atoms with Crippen LogP contribution in [0.2, 0.25) is 0 Å². The number of aromatic nitrogens is 5. The number of fused-ring (bicyclic) bond motifs is 1. The van der Waals surface area contributed by atoms with Gasteiger partial charge in [0.25, 0.3) is 0 Å². The van der Waals surface area contributed by atoms with Crippen molar-refractivity contribution in [2.45, 2.75) is 6.54 Å². The molecule has 7 nitrogen and oxygen atoms in total. The third-order valence-electron chi connectivity index (χ3n) is 3.74. The van der Waals surface area contributed by atoms with Crippen LogP contribution in [0.1, 0.15) is 5.56 Å². The Morgan fingerprint density at radius 2 is 2.00 bits per heavy atom. The number of hydrogen-bond acceptors (Lipinski definition) is 7. The predicted octanol–water partition coefficient (Wildman–Crippen LogP) is 0.903. The van der Waals surface area contributed by atoms with Crippen molar-refractivity contribution in [2.75, 3.05) is 31.1 Å². The van der Waals surface area contributed by atoms with Gasteiger partial charge < -0.3 is 4.90 Å². The third-order valence-corrected chi connectivity index (χ3v) is 4.47. The van der Waals surface area contributed by atoms with Crippen LogP contribution in [0.15, 0.2) is 29.0 Å². The normalized spacial score (nSPS) is 16.7. The van der Waals surface area contributed by atoms with Gasteiger partial charge >= 0.3 is 0 Å². The summed E-state index contributed by atoms with van der Waals surface area (Å²) < 4.78 is 1.48. The van der Waals surface area contributed by atoms with Crippen LogP contribution < -0.4 is 4.90 Å². The maximum atomic E-state index is 4.45. The number of anilines is 1. The molecule has 0 aliphatic carbocycles. The van der Waals surface area contributed by atoms with E-state index in [9.17, 15) is 0 Å². The lowest BCUT2D eigenvalue weighted by molar-refractivity contribution is 0.249. The first kappa shape index (κ1) is 12.7. The van der Waals surface area contributed by atoms with E-state index >= 15 is 0 Å². The third kappa shape index (κ3) is 2.59. The van der Waals surface area contributed by atoms with E-state index in [0.29, 0.717) is 5.65 Å². The SMILES string of the molecule is c1cc(CN2CCN(c3ccc4nnnn4n3)CC2)cs1. The largest absolute Gasteiger partial charge is 0.353 e. The van der Waals surface area contributed by atoms with Gasteiger partial charge in [0.15, 0.2) is 11.5 Å². The summed E-state index contributed by atoms with van der Waals surface area (Å²) in [6.07, 6.45) is 0. The first-order chi connectivity index (χ1) is 10.4. The highest BCUT2D eigenvalue weighted by atomic mass is 32.1. The van der Waals surface area contributed by atoms with E-state index in [2.05, 4.69) is 47.3 Å². The van der Waals surface area contributed by atoms with E-state index in [-0.39, 0.29) is 0 Å². The Morgan fingerprint density at radius 3 is 2.81 bits per heavy atom. The molecule has 1 saturated heterocycles. The van der Waals surface area contributed by atoms with E-state index in [1.807, 2.05) is 12.1 Å². The Hall–Kier alpha value is -2.06. The molecule has 3 aromatic heterocycles. The minimum absolute atomic E-state index is 0.676. The second-order valence-electron chi connectivity index (χ2n) is 5.11. The van der Waals surface area contributed by atoms with Gasteiger partial charge in [-0.05, 0) is 44.9 Å². The Kier molecular flexibility index (Phi) is 3.24. The molecule has 0 saturated carbocycles. The molecular weight excluding hydrogens is 286 g/mol. The van der Waals surface area contributed by atoms with Gasteiger partial charge in [0.05, 0.1) is 0 Å². The molecule has 0 spiro atoms. The molecule has 0 amide bonds. The number of hydrogen-bond donors (Lipinski definition) is 0. The maximum absolute atomic E-state index is 4.45. The van der Waals surface area contributed by atoms with E-state index in [0.717, 1.165) is 38.5 Å². The lowest BCUT2D eigenvalue weighted by Gasteiger charge is -2.35. The summed E-state index contributed by atoms with van der Waals surface area (Å²) >= 11 is 1.76. The zero-order valence-corrected chi connectivity index (χ0v) is 12.3. The van der Waals surface area contributed by atoms with Crippen molar-refractivity contribution in [1.29, 1.82) is 0 Å². The molecular formula is C13H15N7S. The summed E-state index contributed by atoms with van der Waals surface area (Å²) in [4.78, 5) is 4.76. The Morgan fingerprint density at radius 1 is 1.10 bits per heavy atom. The van der Waals surface area contributed by atoms with Crippen LogP contribution in [0, 0.1) is 0 Å². The quantitative estimate of drug-likeness (QED) is 0.716. The van der Waals surface area contributed by atoms with Gasteiger partial charge in [-0.3, -0.25) is 4.90 Å². The number of piperazine rings is 1. The Labute approximate surface area is 125 Å². The highest BCUT2D eigenvalue weighted by molar-refractivity contribution is 7.07. The molecule has 8 heteroatoms. The molecule has 0 unspecified atom stereocenters. The molecule has 0 atom stereocenters. The van der Waals surface area contributed by atoms with Crippen LogP contribution in [0.4, 0.5) is 5.82 Å². The Bertz CT molecular complexity index is 715. The molecule has 0 aromatic carbocycles. The van der Waals surface area contributed by atoms with Crippen LogP contribution >= 0.6 is 11.3 Å². The summed E-state index contributed by atoms with van der Waals surface area (Å²) in [5, 5.41) is 20.1. The van der Waals surface area contributed by atoms with Gasteiger partial charge in [-0.1, -0.05) is 0 Å². The summed E-state index contributed by atoms with van der Waals surface area (Å²) in [6, 6.07) is 6.09. The van der Waals surface area contributed by atoms with Gasteiger partial charge in [-0.15, -0.1) is 14.8 Å². The average Bonchev–Trinajstić information content (AvgIpc) is 3.18. The van der Waals surface area contributed by atoms with Crippen LogP contribution in [0.5, 0.6) is 0 Å². The first-order valence-electron chi connectivity index (χ1n) is 6.92. The van der Waals surface area contributed by atoms with Crippen molar-refractivity contribution in [2.24, 2.45) is 0 Å². The fourth-order valence-electron chi connectivity index (χ4n) is 2.58. The van der Waals surface area contributed by atoms with Crippen molar-refractivity contribution in [3.8, 4) is 0 Å². The zero-order valence-electron chi connectivity index (χ0n) is 11.5. The fourth-order valence-corrected chi connectivity index (χ4v) is 3.24. The standard InChI is InChI=1S/C13H15N7S/c1-2-13(15-20-12(1)14-16-17-20)19-6-4-18(5-7-19)9-11-3-8-21-10-11/h1-3,8,10H,4-7,9H2. The van der Waals surface area contributed by atoms with Gasteiger partial charge in [-0.2, -0.15) is 11.3 Å². The summed E-state index contributed by atoms with van der Waals surface area (Å²) in [6.45, 7) is 5.09. The van der Waals surface area contributed by atoms with E-state index in [1.165, 1.54) is 10.2 Å². The topological polar surface area (TPSA) is 62.5 Å². The zero-order chi connectivity index (χ0) is 14.1. The second kappa shape index (κ2) is 5.38. The predicted molar refractivity (Wildman–Crippen MR) is 80.4 cm³/mol. The lowest BCUT2D eigenvalue weighted by atomic mass is 10.2.